The number of carboxylic acids is 1. The minimum absolute atomic E-state index is 0.0561. The van der Waals surface area contributed by atoms with E-state index < -0.39 is 5.97 Å². The van der Waals surface area contributed by atoms with Gasteiger partial charge in [-0.1, -0.05) is 20.8 Å². The van der Waals surface area contributed by atoms with Crippen LogP contribution in [-0.4, -0.2) is 22.3 Å². The van der Waals surface area contributed by atoms with Gasteiger partial charge in [-0.25, -0.2) is 0 Å². The lowest BCUT2D eigenvalue weighted by Gasteiger charge is -2.61. The van der Waals surface area contributed by atoms with E-state index in [1.165, 1.54) is 44.9 Å². The average molecular weight is 377 g/mol. The summed E-state index contributed by atoms with van der Waals surface area (Å²) in [6, 6.07) is 0. The van der Waals surface area contributed by atoms with Gasteiger partial charge in [0, 0.05) is 6.42 Å². The first-order chi connectivity index (χ1) is 12.8. The third-order valence-corrected chi connectivity index (χ3v) is 10.2. The second-order valence-electron chi connectivity index (χ2n) is 11.2. The van der Waals surface area contributed by atoms with E-state index in [2.05, 4.69) is 20.8 Å². The van der Waals surface area contributed by atoms with Crippen LogP contribution in [0.3, 0.4) is 0 Å². The van der Waals surface area contributed by atoms with Crippen LogP contribution < -0.4 is 0 Å². The maximum absolute atomic E-state index is 11.0. The topological polar surface area (TPSA) is 57.5 Å². The van der Waals surface area contributed by atoms with Gasteiger partial charge in [-0.05, 0) is 111 Å². The number of aliphatic hydroxyl groups is 1. The summed E-state index contributed by atoms with van der Waals surface area (Å²) in [5.41, 5.74) is 0.882. The standard InChI is InChI=1S/C24H40O3/c1-15(4-9-22(26)27)19-7-8-20-18-6-5-16-14-17(25)10-12-23(16,2)21(18)11-13-24(19,20)3/h15-21,25H,4-14H2,1-3H3,(H,26,27)/t15-,16+,17+,18+,19+,20-,21+,23+,24-/m1/s1. The highest BCUT2D eigenvalue weighted by Gasteiger charge is 2.60. The Kier molecular flexibility index (Phi) is 5.15. The Morgan fingerprint density at radius 1 is 1.00 bits per heavy atom. The highest BCUT2D eigenvalue weighted by atomic mass is 16.4. The molecule has 4 aliphatic rings. The molecule has 154 valence electrons. The Morgan fingerprint density at radius 2 is 1.70 bits per heavy atom. The Hall–Kier alpha value is -0.570. The van der Waals surface area contributed by atoms with Gasteiger partial charge in [0.05, 0.1) is 6.10 Å². The normalized spacial score (nSPS) is 50.4. The van der Waals surface area contributed by atoms with Crippen LogP contribution >= 0.6 is 0 Å². The predicted molar refractivity (Wildman–Crippen MR) is 107 cm³/mol. The SMILES string of the molecule is C[C@H](CCC(=O)O)[C@@H]1CC[C@@H]2[C@@H]3CC[C@H]4C[C@@H](O)CC[C@]4(C)[C@H]3CC[C@@]21C. The zero-order valence-electron chi connectivity index (χ0n) is 17.6. The molecule has 2 N–H and O–H groups in total. The first-order valence-corrected chi connectivity index (χ1v) is 11.7. The van der Waals surface area contributed by atoms with Crippen molar-refractivity contribution >= 4 is 5.97 Å². The zero-order valence-corrected chi connectivity index (χ0v) is 17.6. The molecule has 0 aromatic rings. The molecule has 0 aromatic carbocycles. The molecule has 0 aromatic heterocycles. The summed E-state index contributed by atoms with van der Waals surface area (Å²) >= 11 is 0. The van der Waals surface area contributed by atoms with E-state index in [-0.39, 0.29) is 6.10 Å². The van der Waals surface area contributed by atoms with Crippen molar-refractivity contribution in [1.29, 1.82) is 0 Å². The molecular formula is C24H40O3. The number of hydrogen-bond donors (Lipinski definition) is 2. The summed E-state index contributed by atoms with van der Waals surface area (Å²) in [5, 5.41) is 19.3. The second-order valence-corrected chi connectivity index (χ2v) is 11.2. The zero-order chi connectivity index (χ0) is 19.4. The Bertz CT molecular complexity index is 574. The maximum atomic E-state index is 11.0. The highest BCUT2D eigenvalue weighted by molar-refractivity contribution is 5.66. The second kappa shape index (κ2) is 7.04. The molecule has 0 heterocycles. The number of aliphatic carboxylic acids is 1. The van der Waals surface area contributed by atoms with Crippen molar-refractivity contribution in [2.24, 2.45) is 46.3 Å². The van der Waals surface area contributed by atoms with Crippen LogP contribution in [0.5, 0.6) is 0 Å². The summed E-state index contributed by atoms with van der Waals surface area (Å²) in [5.74, 6) is 3.91. The Labute approximate surface area is 165 Å². The van der Waals surface area contributed by atoms with Crippen molar-refractivity contribution in [2.75, 3.05) is 0 Å². The molecule has 0 spiro atoms. The van der Waals surface area contributed by atoms with Crippen molar-refractivity contribution in [1.82, 2.24) is 0 Å². The van der Waals surface area contributed by atoms with E-state index in [4.69, 9.17) is 5.11 Å². The number of hydrogen-bond acceptors (Lipinski definition) is 2. The minimum Gasteiger partial charge on any atom is -0.481 e. The van der Waals surface area contributed by atoms with Gasteiger partial charge in [0.1, 0.15) is 0 Å². The number of carbonyl (C=O) groups is 1. The largest absolute Gasteiger partial charge is 0.481 e. The van der Waals surface area contributed by atoms with Crippen LogP contribution in [0.2, 0.25) is 0 Å². The van der Waals surface area contributed by atoms with Gasteiger partial charge in [-0.2, -0.15) is 0 Å². The van der Waals surface area contributed by atoms with Crippen molar-refractivity contribution in [3.63, 3.8) is 0 Å². The molecule has 4 aliphatic carbocycles. The first kappa shape index (κ1) is 19.7. The van der Waals surface area contributed by atoms with Gasteiger partial charge in [-0.15, -0.1) is 0 Å². The van der Waals surface area contributed by atoms with Crippen LogP contribution in [0, 0.1) is 46.3 Å². The van der Waals surface area contributed by atoms with E-state index in [0.717, 1.165) is 42.9 Å². The van der Waals surface area contributed by atoms with E-state index in [1.54, 1.807) is 0 Å². The summed E-state index contributed by atoms with van der Waals surface area (Å²) in [6.07, 6.45) is 12.4. The Morgan fingerprint density at radius 3 is 2.44 bits per heavy atom. The monoisotopic (exact) mass is 376 g/mol. The van der Waals surface area contributed by atoms with Crippen molar-refractivity contribution in [3.8, 4) is 0 Å². The average Bonchev–Trinajstić information content (AvgIpc) is 2.97. The van der Waals surface area contributed by atoms with Gasteiger partial charge >= 0.3 is 5.97 Å². The minimum atomic E-state index is -0.643. The number of carboxylic acid groups (broad SMARTS) is 1. The fourth-order valence-corrected chi connectivity index (χ4v) is 8.76. The van der Waals surface area contributed by atoms with Gasteiger partial charge < -0.3 is 10.2 Å². The molecule has 0 radical (unpaired) electrons. The Balaban J connectivity index is 1.51. The molecule has 4 saturated carbocycles. The molecule has 0 aliphatic heterocycles. The van der Waals surface area contributed by atoms with Crippen LogP contribution in [0.4, 0.5) is 0 Å². The van der Waals surface area contributed by atoms with E-state index >= 15 is 0 Å². The molecule has 0 amide bonds. The molecule has 3 heteroatoms. The number of rotatable bonds is 4. The van der Waals surface area contributed by atoms with Crippen LogP contribution in [0.1, 0.15) is 91.4 Å². The van der Waals surface area contributed by atoms with E-state index in [1.807, 2.05) is 0 Å². The number of fused-ring (bicyclic) bond motifs is 5. The van der Waals surface area contributed by atoms with Crippen LogP contribution in [-0.2, 0) is 4.79 Å². The maximum Gasteiger partial charge on any atom is 0.303 e. The summed E-state index contributed by atoms with van der Waals surface area (Å²) in [6.45, 7) is 7.43. The molecule has 0 saturated heterocycles. The van der Waals surface area contributed by atoms with Crippen LogP contribution in [0.25, 0.3) is 0 Å². The van der Waals surface area contributed by atoms with Crippen molar-refractivity contribution in [2.45, 2.75) is 97.5 Å². The third-order valence-electron chi connectivity index (χ3n) is 10.2. The molecule has 0 bridgehead atoms. The summed E-state index contributed by atoms with van der Waals surface area (Å²) < 4.78 is 0. The number of aliphatic hydroxyl groups excluding tert-OH is 1. The first-order valence-electron chi connectivity index (χ1n) is 11.7. The highest BCUT2D eigenvalue weighted by Crippen LogP contribution is 2.68. The lowest BCUT2D eigenvalue weighted by Crippen LogP contribution is -2.54. The van der Waals surface area contributed by atoms with E-state index in [9.17, 15) is 9.90 Å². The van der Waals surface area contributed by atoms with Gasteiger partial charge in [0.15, 0.2) is 0 Å². The molecule has 3 nitrogen and oxygen atoms in total. The van der Waals surface area contributed by atoms with Crippen molar-refractivity contribution in [3.05, 3.63) is 0 Å². The molecule has 0 unspecified atom stereocenters. The summed E-state index contributed by atoms with van der Waals surface area (Å²) in [7, 11) is 0. The van der Waals surface area contributed by atoms with E-state index in [0.29, 0.717) is 29.1 Å². The lowest BCUT2D eigenvalue weighted by molar-refractivity contribution is -0.138. The molecule has 27 heavy (non-hydrogen) atoms. The predicted octanol–water partition coefficient (Wildman–Crippen LogP) is 5.51. The quantitative estimate of drug-likeness (QED) is 0.680. The molecule has 4 fully saturated rings. The fraction of sp³-hybridized carbons (Fsp3) is 0.958. The van der Waals surface area contributed by atoms with Crippen molar-refractivity contribution < 1.29 is 15.0 Å². The van der Waals surface area contributed by atoms with Gasteiger partial charge in [0.25, 0.3) is 0 Å². The lowest BCUT2D eigenvalue weighted by atomic mass is 9.44. The summed E-state index contributed by atoms with van der Waals surface area (Å²) in [4.78, 5) is 11.0. The smallest absolute Gasteiger partial charge is 0.303 e. The van der Waals surface area contributed by atoms with Crippen LogP contribution in [0.15, 0.2) is 0 Å². The fourth-order valence-electron chi connectivity index (χ4n) is 8.76. The molecule has 9 atom stereocenters. The molecular weight excluding hydrogens is 336 g/mol. The molecule has 4 rings (SSSR count). The van der Waals surface area contributed by atoms with Gasteiger partial charge in [-0.3, -0.25) is 4.79 Å². The van der Waals surface area contributed by atoms with Gasteiger partial charge in [0.2, 0.25) is 0 Å². The third kappa shape index (κ3) is 3.16.